The maximum absolute atomic E-state index is 10.9. The lowest BCUT2D eigenvalue weighted by Gasteiger charge is -2.21. The predicted octanol–water partition coefficient (Wildman–Crippen LogP) is 4.44. The maximum atomic E-state index is 10.9. The van der Waals surface area contributed by atoms with Crippen LogP contribution in [0.1, 0.15) is 54.9 Å². The second-order valence-corrected chi connectivity index (χ2v) is 6.38. The summed E-state index contributed by atoms with van der Waals surface area (Å²) in [6.45, 7) is 5.29. The Kier molecular flexibility index (Phi) is 6.07. The predicted molar refractivity (Wildman–Crippen MR) is 85.9 cm³/mol. The van der Waals surface area contributed by atoms with Crippen LogP contribution in [0, 0.1) is 5.92 Å². The standard InChI is InChI=1S/C17H24ClNO2/c1-2-4-13-5-3-9-19(10-8-13)12-15-7-6-14(17(20)21)11-16(15)18/h6-7,11,13H,2-5,8-10,12H2,1H3,(H,20,21). The van der Waals surface area contributed by atoms with Gasteiger partial charge in [-0.25, -0.2) is 4.79 Å². The summed E-state index contributed by atoms with van der Waals surface area (Å²) in [7, 11) is 0. The molecule has 1 saturated heterocycles. The number of nitrogens with zero attached hydrogens (tertiary/aromatic N) is 1. The fourth-order valence-corrected chi connectivity index (χ4v) is 3.37. The van der Waals surface area contributed by atoms with E-state index in [4.69, 9.17) is 16.7 Å². The molecule has 2 rings (SSSR count). The van der Waals surface area contributed by atoms with Crippen molar-refractivity contribution in [3.8, 4) is 0 Å². The minimum atomic E-state index is -0.930. The second kappa shape index (κ2) is 7.81. The van der Waals surface area contributed by atoms with E-state index in [9.17, 15) is 4.79 Å². The smallest absolute Gasteiger partial charge is 0.335 e. The number of hydrogen-bond acceptors (Lipinski definition) is 2. The zero-order valence-corrected chi connectivity index (χ0v) is 13.4. The van der Waals surface area contributed by atoms with Gasteiger partial charge < -0.3 is 5.11 Å². The number of halogens is 1. The maximum Gasteiger partial charge on any atom is 0.335 e. The molecule has 1 aromatic rings. The Hall–Kier alpha value is -1.06. The molecule has 0 radical (unpaired) electrons. The van der Waals surface area contributed by atoms with Gasteiger partial charge in [-0.05, 0) is 56.0 Å². The van der Waals surface area contributed by atoms with Gasteiger partial charge in [0.15, 0.2) is 0 Å². The molecule has 0 saturated carbocycles. The molecule has 3 nitrogen and oxygen atoms in total. The van der Waals surface area contributed by atoms with Crippen LogP contribution in [0.5, 0.6) is 0 Å². The van der Waals surface area contributed by atoms with Gasteiger partial charge in [0.05, 0.1) is 5.56 Å². The van der Waals surface area contributed by atoms with Gasteiger partial charge in [0.25, 0.3) is 0 Å². The van der Waals surface area contributed by atoms with E-state index in [0.717, 1.165) is 31.1 Å². The third kappa shape index (κ3) is 4.72. The molecule has 116 valence electrons. The molecule has 0 spiro atoms. The van der Waals surface area contributed by atoms with Crippen LogP contribution in [0.2, 0.25) is 5.02 Å². The first-order valence-corrected chi connectivity index (χ1v) is 8.22. The molecule has 0 aromatic heterocycles. The highest BCUT2D eigenvalue weighted by Crippen LogP contribution is 2.25. The quantitative estimate of drug-likeness (QED) is 0.874. The van der Waals surface area contributed by atoms with Crippen LogP contribution in [0.25, 0.3) is 0 Å². The highest BCUT2D eigenvalue weighted by molar-refractivity contribution is 6.31. The van der Waals surface area contributed by atoms with Gasteiger partial charge in [-0.3, -0.25) is 4.90 Å². The first kappa shape index (κ1) is 16.3. The molecule has 0 bridgehead atoms. The fourth-order valence-electron chi connectivity index (χ4n) is 3.13. The Morgan fingerprint density at radius 2 is 2.19 bits per heavy atom. The molecule has 1 fully saturated rings. The average Bonchev–Trinajstić information content (AvgIpc) is 2.67. The zero-order valence-electron chi connectivity index (χ0n) is 12.6. The third-order valence-electron chi connectivity index (χ3n) is 4.33. The normalized spacial score (nSPS) is 20.2. The summed E-state index contributed by atoms with van der Waals surface area (Å²) in [4.78, 5) is 13.4. The number of carboxylic acids is 1. The summed E-state index contributed by atoms with van der Waals surface area (Å²) in [6, 6.07) is 5.04. The van der Waals surface area contributed by atoms with Crippen molar-refractivity contribution < 1.29 is 9.90 Å². The Labute approximate surface area is 131 Å². The number of aromatic carboxylic acids is 1. The van der Waals surface area contributed by atoms with Crippen LogP contribution < -0.4 is 0 Å². The summed E-state index contributed by atoms with van der Waals surface area (Å²) in [5, 5.41) is 9.53. The summed E-state index contributed by atoms with van der Waals surface area (Å²) in [5.74, 6) is -0.0644. The largest absolute Gasteiger partial charge is 0.478 e. The molecule has 1 atom stereocenters. The minimum Gasteiger partial charge on any atom is -0.478 e. The van der Waals surface area contributed by atoms with Crippen molar-refractivity contribution >= 4 is 17.6 Å². The highest BCUT2D eigenvalue weighted by Gasteiger charge is 2.17. The molecular formula is C17H24ClNO2. The minimum absolute atomic E-state index is 0.252. The number of rotatable bonds is 5. The zero-order chi connectivity index (χ0) is 15.2. The lowest BCUT2D eigenvalue weighted by atomic mass is 9.96. The highest BCUT2D eigenvalue weighted by atomic mass is 35.5. The summed E-state index contributed by atoms with van der Waals surface area (Å²) >= 11 is 6.22. The van der Waals surface area contributed by atoms with Crippen LogP contribution in [0.3, 0.4) is 0 Å². The van der Waals surface area contributed by atoms with Crippen molar-refractivity contribution in [3.05, 3.63) is 34.3 Å². The Morgan fingerprint density at radius 3 is 2.86 bits per heavy atom. The molecule has 1 heterocycles. The van der Waals surface area contributed by atoms with Gasteiger partial charge in [0, 0.05) is 11.6 Å². The molecular weight excluding hydrogens is 286 g/mol. The molecule has 4 heteroatoms. The topological polar surface area (TPSA) is 40.5 Å². The van der Waals surface area contributed by atoms with Crippen molar-refractivity contribution in [1.82, 2.24) is 4.90 Å². The van der Waals surface area contributed by atoms with Gasteiger partial charge in [-0.1, -0.05) is 37.4 Å². The second-order valence-electron chi connectivity index (χ2n) is 5.97. The summed E-state index contributed by atoms with van der Waals surface area (Å²) < 4.78 is 0. The Bertz CT molecular complexity index is 490. The van der Waals surface area contributed by atoms with Crippen molar-refractivity contribution in [2.24, 2.45) is 5.92 Å². The molecule has 1 unspecified atom stereocenters. The van der Waals surface area contributed by atoms with Gasteiger partial charge in [0.2, 0.25) is 0 Å². The first-order chi connectivity index (χ1) is 10.1. The van der Waals surface area contributed by atoms with Gasteiger partial charge in [0.1, 0.15) is 0 Å². The van der Waals surface area contributed by atoms with E-state index in [0.29, 0.717) is 5.02 Å². The molecule has 21 heavy (non-hydrogen) atoms. The lowest BCUT2D eigenvalue weighted by Crippen LogP contribution is -2.24. The lowest BCUT2D eigenvalue weighted by molar-refractivity contribution is 0.0697. The summed E-state index contributed by atoms with van der Waals surface area (Å²) in [5.41, 5.74) is 1.28. The van der Waals surface area contributed by atoms with E-state index in [-0.39, 0.29) is 5.56 Å². The first-order valence-electron chi connectivity index (χ1n) is 7.84. The molecule has 0 aliphatic carbocycles. The van der Waals surface area contributed by atoms with Crippen LogP contribution >= 0.6 is 11.6 Å². The molecule has 1 aliphatic heterocycles. The molecule has 1 N–H and O–H groups in total. The number of carboxylic acid groups (broad SMARTS) is 1. The molecule has 0 amide bonds. The third-order valence-corrected chi connectivity index (χ3v) is 4.68. The molecule has 1 aliphatic rings. The molecule has 1 aromatic carbocycles. The number of carbonyl (C=O) groups is 1. The van der Waals surface area contributed by atoms with Crippen LogP contribution in [0.15, 0.2) is 18.2 Å². The van der Waals surface area contributed by atoms with E-state index in [1.54, 1.807) is 12.1 Å². The van der Waals surface area contributed by atoms with E-state index in [1.165, 1.54) is 32.1 Å². The van der Waals surface area contributed by atoms with Crippen LogP contribution in [-0.2, 0) is 6.54 Å². The van der Waals surface area contributed by atoms with Crippen molar-refractivity contribution in [2.45, 2.75) is 45.6 Å². The number of likely N-dealkylation sites (tertiary alicyclic amines) is 1. The summed E-state index contributed by atoms with van der Waals surface area (Å²) in [6.07, 6.45) is 6.44. The van der Waals surface area contributed by atoms with Gasteiger partial charge >= 0.3 is 5.97 Å². The van der Waals surface area contributed by atoms with Crippen molar-refractivity contribution in [2.75, 3.05) is 13.1 Å². The van der Waals surface area contributed by atoms with E-state index in [2.05, 4.69) is 11.8 Å². The van der Waals surface area contributed by atoms with E-state index in [1.807, 2.05) is 6.07 Å². The van der Waals surface area contributed by atoms with Crippen molar-refractivity contribution in [1.29, 1.82) is 0 Å². The number of hydrogen-bond donors (Lipinski definition) is 1. The van der Waals surface area contributed by atoms with Crippen LogP contribution in [0.4, 0.5) is 0 Å². The SMILES string of the molecule is CCCC1CCCN(Cc2ccc(C(=O)O)cc2Cl)CC1. The van der Waals surface area contributed by atoms with Gasteiger partial charge in [-0.15, -0.1) is 0 Å². The fraction of sp³-hybridized carbons (Fsp3) is 0.588. The van der Waals surface area contributed by atoms with Crippen molar-refractivity contribution in [3.63, 3.8) is 0 Å². The average molecular weight is 310 g/mol. The Balaban J connectivity index is 1.97. The monoisotopic (exact) mass is 309 g/mol. The van der Waals surface area contributed by atoms with E-state index >= 15 is 0 Å². The van der Waals surface area contributed by atoms with Crippen LogP contribution in [-0.4, -0.2) is 29.1 Å². The van der Waals surface area contributed by atoms with E-state index < -0.39 is 5.97 Å². The Morgan fingerprint density at radius 1 is 1.38 bits per heavy atom. The number of benzene rings is 1. The van der Waals surface area contributed by atoms with Gasteiger partial charge in [-0.2, -0.15) is 0 Å².